The first-order valence-corrected chi connectivity index (χ1v) is 25.9. The SMILES string of the molecule is CCc1c(F)ccc2cc(O)cc(-c3ncc4c(N5CCC[C@H](CCO)C5)nc(OCC5(CN6CCC7(CC6)CC(N6CCC(c8ccc(C(CCC=O)C(=O)NC)cn8)CC6)C7)CC5)nc4c3F)c12. The molecule has 1 amide bonds. The van der Waals surface area contributed by atoms with Crippen molar-refractivity contribution in [2.75, 3.05) is 71.0 Å². The third-order valence-electron chi connectivity index (χ3n) is 16.9. The lowest BCUT2D eigenvalue weighted by molar-refractivity contribution is -0.122. The molecule has 2 aliphatic carbocycles. The molecule has 1 spiro atoms. The average molecular weight is 959 g/mol. The number of aliphatic hydroxyl groups is 1. The molecule has 372 valence electrons. The Bertz CT molecular complexity index is 2690. The first-order valence-electron chi connectivity index (χ1n) is 25.9. The minimum atomic E-state index is -0.680. The highest BCUT2D eigenvalue weighted by atomic mass is 19.1. The fourth-order valence-electron chi connectivity index (χ4n) is 12.5. The van der Waals surface area contributed by atoms with E-state index in [1.807, 2.05) is 19.2 Å². The topological polar surface area (TPSA) is 157 Å². The highest BCUT2D eigenvalue weighted by molar-refractivity contribution is 6.01. The highest BCUT2D eigenvalue weighted by Crippen LogP contribution is 2.53. The summed E-state index contributed by atoms with van der Waals surface area (Å²) < 4.78 is 38.9. The number of hydrogen-bond donors (Lipinski definition) is 3. The van der Waals surface area contributed by atoms with Crippen molar-refractivity contribution in [2.45, 2.75) is 115 Å². The molecule has 0 radical (unpaired) electrons. The summed E-state index contributed by atoms with van der Waals surface area (Å²) in [6, 6.07) is 10.8. The van der Waals surface area contributed by atoms with Gasteiger partial charge in [0.25, 0.3) is 0 Å². The number of likely N-dealkylation sites (tertiary alicyclic amines) is 2. The number of phenols is 1. The highest BCUT2D eigenvalue weighted by Gasteiger charge is 2.50. The molecule has 6 heterocycles. The maximum Gasteiger partial charge on any atom is 0.319 e. The number of carbonyl (C=O) groups excluding carboxylic acids is 2. The summed E-state index contributed by atoms with van der Waals surface area (Å²) in [5, 5.41) is 24.8. The smallest absolute Gasteiger partial charge is 0.319 e. The van der Waals surface area contributed by atoms with Crippen LogP contribution in [0.2, 0.25) is 0 Å². The van der Waals surface area contributed by atoms with Gasteiger partial charge in [0.1, 0.15) is 34.9 Å². The number of phenolic OH excluding ortho intramolecular Hbond substituents is 1. The maximum absolute atomic E-state index is 17.2. The average Bonchev–Trinajstić information content (AvgIpc) is 4.14. The Morgan fingerprint density at radius 1 is 0.986 bits per heavy atom. The molecule has 5 fully saturated rings. The summed E-state index contributed by atoms with van der Waals surface area (Å²) in [7, 11) is 1.63. The van der Waals surface area contributed by atoms with Gasteiger partial charge in [-0.2, -0.15) is 9.97 Å². The summed E-state index contributed by atoms with van der Waals surface area (Å²) in [6.07, 6.45) is 17.3. The van der Waals surface area contributed by atoms with E-state index in [-0.39, 0.29) is 52.7 Å². The van der Waals surface area contributed by atoms with E-state index < -0.39 is 11.6 Å². The van der Waals surface area contributed by atoms with Crippen LogP contribution in [0.25, 0.3) is 32.9 Å². The van der Waals surface area contributed by atoms with Gasteiger partial charge in [-0.3, -0.25) is 14.8 Å². The van der Waals surface area contributed by atoms with Crippen molar-refractivity contribution in [1.82, 2.24) is 35.1 Å². The van der Waals surface area contributed by atoms with Gasteiger partial charge in [-0.15, -0.1) is 0 Å². The predicted molar refractivity (Wildman–Crippen MR) is 266 cm³/mol. The molecule has 3 saturated heterocycles. The zero-order valence-corrected chi connectivity index (χ0v) is 40.8. The van der Waals surface area contributed by atoms with Gasteiger partial charge in [-0.25, -0.2) is 8.78 Å². The monoisotopic (exact) mass is 959 g/mol. The largest absolute Gasteiger partial charge is 0.508 e. The van der Waals surface area contributed by atoms with Crippen LogP contribution in [-0.2, 0) is 16.0 Å². The number of piperidine rings is 3. The Morgan fingerprint density at radius 3 is 2.49 bits per heavy atom. The quantitative estimate of drug-likeness (QED) is 0.0766. The molecule has 2 aromatic carbocycles. The van der Waals surface area contributed by atoms with Crippen LogP contribution in [-0.4, -0.2) is 124 Å². The van der Waals surface area contributed by atoms with Gasteiger partial charge in [0.15, 0.2) is 5.82 Å². The van der Waals surface area contributed by atoms with Crippen molar-refractivity contribution in [3.8, 4) is 23.0 Å². The molecule has 5 aromatic rings. The third-order valence-corrected chi connectivity index (χ3v) is 16.9. The number of carbonyl (C=O) groups is 2. The number of anilines is 1. The van der Waals surface area contributed by atoms with Gasteiger partial charge >= 0.3 is 6.01 Å². The number of nitrogens with one attached hydrogen (secondary N) is 1. The van der Waals surface area contributed by atoms with E-state index in [1.165, 1.54) is 37.8 Å². The van der Waals surface area contributed by atoms with Crippen LogP contribution in [0.3, 0.4) is 0 Å². The molecule has 2 atom stereocenters. The number of aromatic nitrogens is 4. The van der Waals surface area contributed by atoms with Crippen LogP contribution < -0.4 is 15.0 Å². The van der Waals surface area contributed by atoms with Crippen LogP contribution >= 0.6 is 0 Å². The van der Waals surface area contributed by atoms with Crippen molar-refractivity contribution in [2.24, 2.45) is 16.7 Å². The number of aldehydes is 1. The minimum Gasteiger partial charge on any atom is -0.508 e. The van der Waals surface area contributed by atoms with Crippen LogP contribution in [0.5, 0.6) is 11.8 Å². The number of nitrogens with zero attached hydrogens (tertiary/aromatic N) is 7. The Balaban J connectivity index is 0.777. The lowest BCUT2D eigenvalue weighted by atomic mass is 9.59. The number of aryl methyl sites for hydroxylation is 1. The van der Waals surface area contributed by atoms with Crippen LogP contribution in [0.4, 0.5) is 14.6 Å². The summed E-state index contributed by atoms with van der Waals surface area (Å²) in [5.74, 6) is -0.363. The van der Waals surface area contributed by atoms with E-state index in [0.717, 1.165) is 95.3 Å². The Hall–Kier alpha value is -5.38. The number of fused-ring (bicyclic) bond motifs is 2. The molecule has 1 unspecified atom stereocenters. The van der Waals surface area contributed by atoms with Gasteiger partial charge in [-0.1, -0.05) is 19.1 Å². The molecule has 13 nitrogen and oxygen atoms in total. The van der Waals surface area contributed by atoms with Gasteiger partial charge in [0.05, 0.1) is 17.9 Å². The number of aromatic hydroxyl groups is 1. The second-order valence-corrected chi connectivity index (χ2v) is 21.3. The van der Waals surface area contributed by atoms with Gasteiger partial charge < -0.3 is 39.8 Å². The number of pyridine rings is 2. The predicted octanol–water partition coefficient (Wildman–Crippen LogP) is 8.48. The molecular formula is C55H68F2N8O5. The molecular weight excluding hydrogens is 891 g/mol. The van der Waals surface area contributed by atoms with E-state index in [4.69, 9.17) is 19.7 Å². The number of likely N-dealkylation sites (N-methyl/N-ethyl adjacent to an activating group) is 1. The Morgan fingerprint density at radius 2 is 1.79 bits per heavy atom. The molecule has 3 aliphatic heterocycles. The van der Waals surface area contributed by atoms with Gasteiger partial charge in [-0.05, 0) is 167 Å². The zero-order chi connectivity index (χ0) is 48.6. The molecule has 10 rings (SSSR count). The maximum atomic E-state index is 17.2. The van der Waals surface area contributed by atoms with E-state index in [9.17, 15) is 19.8 Å². The zero-order valence-electron chi connectivity index (χ0n) is 40.8. The van der Waals surface area contributed by atoms with Crippen molar-refractivity contribution < 1.29 is 33.3 Å². The van der Waals surface area contributed by atoms with E-state index in [0.29, 0.717) is 89.3 Å². The van der Waals surface area contributed by atoms with E-state index in [2.05, 4.69) is 31.1 Å². The Kier molecular flexibility index (Phi) is 14.1. The first-order chi connectivity index (χ1) is 34.0. The molecule has 15 heteroatoms. The molecule has 70 heavy (non-hydrogen) atoms. The summed E-state index contributed by atoms with van der Waals surface area (Å²) in [5.41, 5.74) is 3.12. The number of hydrogen-bond acceptors (Lipinski definition) is 12. The van der Waals surface area contributed by atoms with E-state index >= 15 is 8.78 Å². The Labute approximate surface area is 409 Å². The number of halogens is 2. The van der Waals surface area contributed by atoms with Crippen molar-refractivity contribution >= 4 is 39.7 Å². The van der Waals surface area contributed by atoms with Gasteiger partial charge in [0, 0.05) is 80.7 Å². The normalized spacial score (nSPS) is 21.2. The fourth-order valence-corrected chi connectivity index (χ4v) is 12.5. The standard InChI is InChI=1S/C55H68F2N8O5/c1-3-41-45(56)10-8-37-26-40(68)27-43(47(37)41)49-48(57)50-44(31-60-49)51(65-19-4-6-35(32-65)14-25-67)62-53(61-50)70-34-55(15-16-55)33-63-22-17-54(18-23-63)28-39(29-54)64-20-12-36(13-21-64)46-11-9-38(30-59-46)42(7-5-24-66)52(69)58-2/h8-11,24,26-27,30-31,35-36,39,42,67-68H,3-7,12-23,25,28-29,32-34H2,1-2H3,(H,58,69)/t35-,42?/m1/s1. The number of amides is 1. The lowest BCUT2D eigenvalue weighted by Gasteiger charge is -2.56. The second kappa shape index (κ2) is 20.4. The summed E-state index contributed by atoms with van der Waals surface area (Å²) >= 11 is 0. The van der Waals surface area contributed by atoms with Gasteiger partial charge in [0.2, 0.25) is 5.91 Å². The number of rotatable bonds is 17. The first kappa shape index (κ1) is 48.3. The molecule has 3 aromatic heterocycles. The number of aliphatic hydroxyl groups excluding tert-OH is 1. The molecule has 0 bridgehead atoms. The minimum absolute atomic E-state index is 0.0206. The van der Waals surface area contributed by atoms with Crippen LogP contribution in [0.1, 0.15) is 119 Å². The van der Waals surface area contributed by atoms with Crippen molar-refractivity contribution in [3.63, 3.8) is 0 Å². The number of benzene rings is 2. The summed E-state index contributed by atoms with van der Waals surface area (Å²) in [6.45, 7) is 9.00. The molecule has 5 aliphatic rings. The fraction of sp³-hybridized carbons (Fsp3) is 0.564. The van der Waals surface area contributed by atoms with Crippen LogP contribution in [0.15, 0.2) is 48.8 Å². The molecule has 3 N–H and O–H groups in total. The second-order valence-electron chi connectivity index (χ2n) is 21.3. The van der Waals surface area contributed by atoms with E-state index in [1.54, 1.807) is 25.4 Å². The van der Waals surface area contributed by atoms with Crippen molar-refractivity contribution in [3.05, 3.63) is 77.2 Å². The lowest BCUT2D eigenvalue weighted by Crippen LogP contribution is -2.56. The number of ether oxygens (including phenoxy) is 1. The summed E-state index contributed by atoms with van der Waals surface area (Å²) in [4.78, 5) is 50.1. The van der Waals surface area contributed by atoms with Crippen LogP contribution in [0, 0.1) is 28.4 Å². The van der Waals surface area contributed by atoms with Crippen molar-refractivity contribution in [1.29, 1.82) is 0 Å². The third kappa shape index (κ3) is 9.82. The molecule has 2 saturated carbocycles.